The summed E-state index contributed by atoms with van der Waals surface area (Å²) < 4.78 is 2.16. The van der Waals surface area contributed by atoms with E-state index in [0.29, 0.717) is 5.56 Å². The van der Waals surface area contributed by atoms with E-state index in [1.165, 1.54) is 5.56 Å². The second-order valence-electron chi connectivity index (χ2n) is 6.56. The van der Waals surface area contributed by atoms with Crippen molar-refractivity contribution in [2.24, 2.45) is 0 Å². The first-order valence-corrected chi connectivity index (χ1v) is 9.34. The minimum absolute atomic E-state index is 0.292. The van der Waals surface area contributed by atoms with Gasteiger partial charge >= 0.3 is 5.97 Å². The fourth-order valence-electron chi connectivity index (χ4n) is 3.13. The largest absolute Gasteiger partial charge is 0.478 e. The molecule has 2 aromatic heterocycles. The van der Waals surface area contributed by atoms with Gasteiger partial charge in [-0.3, -0.25) is 4.98 Å². The minimum atomic E-state index is -0.918. The van der Waals surface area contributed by atoms with E-state index in [1.807, 2.05) is 37.5 Å². The van der Waals surface area contributed by atoms with Crippen LogP contribution in [0.5, 0.6) is 0 Å². The summed E-state index contributed by atoms with van der Waals surface area (Å²) in [5.74, 6) is 0.112. The van der Waals surface area contributed by atoms with Gasteiger partial charge in [-0.15, -0.1) is 0 Å². The maximum atomic E-state index is 11.2. The Morgan fingerprint density at radius 2 is 2.04 bits per heavy atom. The molecule has 1 N–H and O–H groups in total. The van der Waals surface area contributed by atoms with Crippen molar-refractivity contribution < 1.29 is 9.90 Å². The number of hydrogen-bond acceptors (Lipinski definition) is 3. The second-order valence-corrected chi connectivity index (χ2v) is 7.00. The number of pyridine rings is 1. The highest BCUT2D eigenvalue weighted by molar-refractivity contribution is 6.30. The number of carboxylic acid groups (broad SMARTS) is 1. The highest BCUT2D eigenvalue weighted by Crippen LogP contribution is 2.13. The molecule has 0 aliphatic carbocycles. The summed E-state index contributed by atoms with van der Waals surface area (Å²) in [5.41, 5.74) is 3.03. The van der Waals surface area contributed by atoms with Crippen molar-refractivity contribution in [2.75, 3.05) is 0 Å². The van der Waals surface area contributed by atoms with E-state index in [0.717, 1.165) is 54.5 Å². The molecule has 1 aromatic carbocycles. The number of halogens is 1. The first kappa shape index (κ1) is 19.1. The van der Waals surface area contributed by atoms with Crippen LogP contribution in [0.15, 0.2) is 48.8 Å². The zero-order valence-corrected chi connectivity index (χ0v) is 16.0. The van der Waals surface area contributed by atoms with E-state index in [4.69, 9.17) is 16.7 Å². The molecule has 0 saturated carbocycles. The van der Waals surface area contributed by atoms with Gasteiger partial charge in [0.05, 0.1) is 5.56 Å². The van der Waals surface area contributed by atoms with Crippen LogP contribution in [0.2, 0.25) is 5.02 Å². The molecule has 0 radical (unpaired) electrons. The number of aryl methyl sites for hydroxylation is 5. The van der Waals surface area contributed by atoms with Crippen molar-refractivity contribution in [2.45, 2.75) is 39.2 Å². The Labute approximate surface area is 163 Å². The topological polar surface area (TPSA) is 68.0 Å². The molecule has 3 aromatic rings. The molecule has 0 saturated heterocycles. The fourth-order valence-corrected chi connectivity index (χ4v) is 3.34. The number of aromatic nitrogens is 3. The number of rotatable bonds is 8. The fraction of sp³-hybridized carbons (Fsp3) is 0.286. The average Bonchev–Trinajstić information content (AvgIpc) is 3.07. The van der Waals surface area contributed by atoms with Crippen LogP contribution in [0, 0.1) is 6.92 Å². The van der Waals surface area contributed by atoms with Crippen LogP contribution in [0.1, 0.15) is 39.6 Å². The monoisotopic (exact) mass is 383 g/mol. The molecule has 3 rings (SSSR count). The number of benzene rings is 1. The van der Waals surface area contributed by atoms with Gasteiger partial charge < -0.3 is 9.67 Å². The molecule has 0 atom stereocenters. The van der Waals surface area contributed by atoms with Crippen LogP contribution in [0.3, 0.4) is 0 Å². The Bertz CT molecular complexity index is 937. The molecule has 5 nitrogen and oxygen atoms in total. The van der Waals surface area contributed by atoms with Gasteiger partial charge in [0.2, 0.25) is 0 Å². The molecule has 0 fully saturated rings. The van der Waals surface area contributed by atoms with Gasteiger partial charge in [-0.05, 0) is 56.0 Å². The molecule has 2 heterocycles. The van der Waals surface area contributed by atoms with Crippen molar-refractivity contribution in [1.29, 1.82) is 0 Å². The third-order valence-corrected chi connectivity index (χ3v) is 4.65. The molecule has 0 bridgehead atoms. The number of aromatic carboxylic acids is 1. The quantitative estimate of drug-likeness (QED) is 0.627. The predicted molar refractivity (Wildman–Crippen MR) is 105 cm³/mol. The van der Waals surface area contributed by atoms with Gasteiger partial charge in [-0.2, -0.15) is 0 Å². The molecule has 0 spiro atoms. The molecule has 6 heteroatoms. The predicted octanol–water partition coefficient (Wildman–Crippen LogP) is 4.36. The normalized spacial score (nSPS) is 10.9. The summed E-state index contributed by atoms with van der Waals surface area (Å²) >= 11 is 6.04. The van der Waals surface area contributed by atoms with Gasteiger partial charge in [0.1, 0.15) is 5.82 Å². The van der Waals surface area contributed by atoms with E-state index in [9.17, 15) is 4.79 Å². The minimum Gasteiger partial charge on any atom is -0.478 e. The van der Waals surface area contributed by atoms with Crippen molar-refractivity contribution in [3.63, 3.8) is 0 Å². The zero-order valence-electron chi connectivity index (χ0n) is 15.2. The van der Waals surface area contributed by atoms with Crippen LogP contribution in [0.25, 0.3) is 0 Å². The van der Waals surface area contributed by atoms with Crippen LogP contribution in [0.4, 0.5) is 0 Å². The number of nitrogens with zero attached hydrogens (tertiary/aromatic N) is 3. The lowest BCUT2D eigenvalue weighted by Crippen LogP contribution is -2.07. The third-order valence-electron chi connectivity index (χ3n) is 4.42. The second kappa shape index (κ2) is 8.82. The highest BCUT2D eigenvalue weighted by atomic mass is 35.5. The first-order chi connectivity index (χ1) is 13.0. The molecule has 27 heavy (non-hydrogen) atoms. The maximum Gasteiger partial charge on any atom is 0.335 e. The maximum absolute atomic E-state index is 11.2. The van der Waals surface area contributed by atoms with Crippen LogP contribution < -0.4 is 0 Å². The van der Waals surface area contributed by atoms with Gasteiger partial charge in [0, 0.05) is 41.8 Å². The van der Waals surface area contributed by atoms with Gasteiger partial charge in [0.25, 0.3) is 0 Å². The zero-order chi connectivity index (χ0) is 19.2. The van der Waals surface area contributed by atoms with Crippen molar-refractivity contribution in [3.8, 4) is 0 Å². The lowest BCUT2D eigenvalue weighted by atomic mass is 10.1. The van der Waals surface area contributed by atoms with Gasteiger partial charge in [-0.1, -0.05) is 23.7 Å². The SMILES string of the molecule is Cc1cc(C(=O)O)cc(CCCc2nccn2CCc2cccc(Cl)c2)n1. The van der Waals surface area contributed by atoms with Crippen LogP contribution >= 0.6 is 11.6 Å². The van der Waals surface area contributed by atoms with E-state index in [2.05, 4.69) is 20.6 Å². The first-order valence-electron chi connectivity index (χ1n) is 8.96. The summed E-state index contributed by atoms with van der Waals surface area (Å²) in [6.45, 7) is 2.67. The van der Waals surface area contributed by atoms with Crippen molar-refractivity contribution in [3.05, 3.63) is 82.2 Å². The molecule has 140 valence electrons. The average molecular weight is 384 g/mol. The van der Waals surface area contributed by atoms with Gasteiger partial charge in [0.15, 0.2) is 0 Å². The number of hydrogen-bond donors (Lipinski definition) is 1. The molecule has 0 unspecified atom stereocenters. The van der Waals surface area contributed by atoms with Crippen molar-refractivity contribution in [1.82, 2.24) is 14.5 Å². The lowest BCUT2D eigenvalue weighted by molar-refractivity contribution is 0.0696. The van der Waals surface area contributed by atoms with Crippen molar-refractivity contribution >= 4 is 17.6 Å². The summed E-state index contributed by atoms with van der Waals surface area (Å²) in [4.78, 5) is 20.1. The Kier molecular flexibility index (Phi) is 6.24. The van der Waals surface area contributed by atoms with E-state index >= 15 is 0 Å². The Morgan fingerprint density at radius 1 is 1.19 bits per heavy atom. The summed E-state index contributed by atoms with van der Waals surface area (Å²) in [6, 6.07) is 11.2. The molecular weight excluding hydrogens is 362 g/mol. The van der Waals surface area contributed by atoms with Crippen LogP contribution in [-0.4, -0.2) is 25.6 Å². The summed E-state index contributed by atoms with van der Waals surface area (Å²) in [5, 5.41) is 9.92. The molecular formula is C21H22ClN3O2. The van der Waals surface area contributed by atoms with E-state index < -0.39 is 5.97 Å². The molecule has 0 amide bonds. The van der Waals surface area contributed by atoms with E-state index in [1.54, 1.807) is 12.1 Å². The molecule has 0 aliphatic rings. The van der Waals surface area contributed by atoms with Crippen LogP contribution in [-0.2, 0) is 25.8 Å². The molecule has 0 aliphatic heterocycles. The smallest absolute Gasteiger partial charge is 0.335 e. The van der Waals surface area contributed by atoms with Gasteiger partial charge in [-0.25, -0.2) is 9.78 Å². The lowest BCUT2D eigenvalue weighted by Gasteiger charge is -2.09. The highest BCUT2D eigenvalue weighted by Gasteiger charge is 2.08. The Balaban J connectivity index is 1.57. The standard InChI is InChI=1S/C21H22ClN3O2/c1-15-12-17(21(26)27)14-19(24-15)6-3-7-20-23-9-11-25(20)10-8-16-4-2-5-18(22)13-16/h2,4-5,9,11-14H,3,6-8,10H2,1H3,(H,26,27). The van der Waals surface area contributed by atoms with E-state index in [-0.39, 0.29) is 0 Å². The number of carbonyl (C=O) groups is 1. The number of imidazole rings is 1. The summed E-state index contributed by atoms with van der Waals surface area (Å²) in [6.07, 6.45) is 7.12. The third kappa shape index (κ3) is 5.41. The summed E-state index contributed by atoms with van der Waals surface area (Å²) in [7, 11) is 0. The Morgan fingerprint density at radius 3 is 2.81 bits per heavy atom. The number of carboxylic acids is 1. The Hall–Kier alpha value is -2.66.